The van der Waals surface area contributed by atoms with Crippen molar-refractivity contribution >= 4 is 49.9 Å². The number of hydrogen-bond acceptors (Lipinski definition) is 19. The molecule has 2 aliphatic carbocycles. The van der Waals surface area contributed by atoms with Crippen LogP contribution in [-0.2, 0) is 76.0 Å². The summed E-state index contributed by atoms with van der Waals surface area (Å²) in [7, 11) is 4.14. The molecule has 2 heterocycles. The number of hydrogen-bond donors (Lipinski definition) is 1. The fraction of sp³-hybridized carbons (Fsp3) is 0.780. The fourth-order valence-electron chi connectivity index (χ4n) is 9.70. The Morgan fingerprint density at radius 1 is 0.643 bits per heavy atom. The Kier molecular flexibility index (Phi) is 47.3. The molecule has 3 unspecified atom stereocenters. The number of allylic oxidation sites excluding steroid dienone is 5. The van der Waals surface area contributed by atoms with Gasteiger partial charge in [-0.25, -0.2) is 0 Å². The van der Waals surface area contributed by atoms with Gasteiger partial charge in [0, 0.05) is 122 Å². The molecule has 19 nitrogen and oxygen atoms in total. The van der Waals surface area contributed by atoms with Crippen LogP contribution in [0.3, 0.4) is 0 Å². The molecule has 2 saturated heterocycles. The molecule has 0 spiro atoms. The molecular formula is C59H96F4LiO19P. The molecule has 0 aromatic heterocycles. The van der Waals surface area contributed by atoms with Crippen LogP contribution in [-0.4, -0.2) is 150 Å². The molecule has 0 radical (unpaired) electrons. The van der Waals surface area contributed by atoms with E-state index in [0.29, 0.717) is 90.3 Å². The zero-order valence-electron chi connectivity index (χ0n) is 52.2. The number of rotatable bonds is 32. The maximum atomic E-state index is 14.3. The SMILES string of the molecule is CCCCC(F)(F)C(=O)/C=C/[C@@H]1[C@@H](C/C=C\CCCC(=O)OC)[C@@H](OC(C)=O)C[C@H]1OC1CCCCO1.CCCCC(F)(F)C(=O)CP(C)OC.CO.COC(=O)CCC/C=C\C[C@@H]1[C@@H](C=O)[C@H](OC2CCCCO2)C[C@@H]1OC(C)=O.O=O.[H-].[Li+]. The molecule has 84 heavy (non-hydrogen) atoms. The molecule has 1 N–H and O–H groups in total. The minimum atomic E-state index is -3.42. The van der Waals surface area contributed by atoms with Crippen molar-refractivity contribution in [3.63, 3.8) is 0 Å². The monoisotopic (exact) mass is 1220 g/mol. The van der Waals surface area contributed by atoms with Crippen LogP contribution >= 0.6 is 8.15 Å². The first kappa shape index (κ1) is 82.3. The van der Waals surface area contributed by atoms with Gasteiger partial charge in [0.2, 0.25) is 11.6 Å². The van der Waals surface area contributed by atoms with Gasteiger partial charge in [0.1, 0.15) is 18.5 Å². The van der Waals surface area contributed by atoms with E-state index < -0.39 is 68.4 Å². The number of aldehydes is 1. The van der Waals surface area contributed by atoms with Gasteiger partial charge < -0.3 is 53.7 Å². The number of alkyl halides is 4. The molecule has 480 valence electrons. The van der Waals surface area contributed by atoms with Gasteiger partial charge in [-0.1, -0.05) is 57.1 Å². The van der Waals surface area contributed by atoms with Crippen molar-refractivity contribution in [2.45, 2.75) is 218 Å². The molecule has 4 rings (SSSR count). The number of carbonyl (C=O) groups excluding carboxylic acids is 7. The summed E-state index contributed by atoms with van der Waals surface area (Å²) in [6, 6.07) is 0. The first-order valence-corrected chi connectivity index (χ1v) is 30.7. The zero-order chi connectivity index (χ0) is 62.8. The standard InChI is InChI=1S/C28H42F2O7.C21H32O7.C9H17F2O2P.CH4O.Li.O2.H/c1-4-5-17-28(29,30)25(32)16-15-22-21(12-8-6-7-9-13-26(33)34-3)23(36-20(2)31)19-24(22)37-27-14-10-11-18-35-27;1-15(23)27-18-13-19(28-21-11-7-8-12-26-21)17(14-22)16(18)9-5-3-4-6-10-20(24)25-2;1-4-5-6-9(10,11)8(12)7-14(3)13-2;1-2;;1-2;/h6,8,15-16,21-24,27H,4-5,7,9-14,17-19H2,1-3H3;3,5,14,16-19,21H,4,6-13H2,1-2H3;4-7H2,1-3H3;2H,1H3;;;/q;;;;+1;;-1/b8-6-,16-15+;5-3-;;;;;/t21-,22-,23+,24-,27?;16-,17-,18+,19-,21?;;;;;/m11...../s1. The van der Waals surface area contributed by atoms with Gasteiger partial charge >= 0.3 is 54.6 Å². The van der Waals surface area contributed by atoms with Gasteiger partial charge in [-0.3, -0.25) is 28.8 Å². The molecule has 11 atom stereocenters. The number of unbranched alkanes of at least 4 members (excludes halogenated alkanes) is 4. The van der Waals surface area contributed by atoms with E-state index in [-0.39, 0.29) is 93.5 Å². The first-order valence-electron chi connectivity index (χ1n) is 28.8. The third-order valence-electron chi connectivity index (χ3n) is 14.2. The number of carbonyl (C=O) groups is 7. The number of aliphatic hydroxyl groups excluding tert-OH is 1. The second kappa shape index (κ2) is 48.3. The number of esters is 4. The second-order valence-electron chi connectivity index (χ2n) is 20.4. The summed E-state index contributed by atoms with van der Waals surface area (Å²) in [4.78, 5) is 95.0. The van der Waals surface area contributed by atoms with E-state index in [4.69, 9.17) is 48.0 Å². The van der Waals surface area contributed by atoms with Crippen LogP contribution in [0, 0.1) is 33.6 Å². The minimum absolute atomic E-state index is 0. The molecule has 0 amide bonds. The number of methoxy groups -OCH3 is 2. The molecule has 25 heteroatoms. The number of Topliss-reactive ketones (excluding diaryl/α,β-unsaturated/α-hetero) is 1. The van der Waals surface area contributed by atoms with Crippen LogP contribution in [0.1, 0.15) is 170 Å². The summed E-state index contributed by atoms with van der Waals surface area (Å²) < 4.78 is 104. The second-order valence-corrected chi connectivity index (χ2v) is 22.3. The van der Waals surface area contributed by atoms with Crippen LogP contribution in [0.15, 0.2) is 36.5 Å². The van der Waals surface area contributed by atoms with Gasteiger partial charge in [0.15, 0.2) is 12.6 Å². The smallest absolute Gasteiger partial charge is 1.00 e. The Bertz CT molecular complexity index is 1940. The van der Waals surface area contributed by atoms with Gasteiger partial charge in [0.25, 0.3) is 0 Å². The van der Waals surface area contributed by atoms with E-state index in [2.05, 4.69) is 9.47 Å². The largest absolute Gasteiger partial charge is 1.00 e. The van der Waals surface area contributed by atoms with Crippen molar-refractivity contribution in [3.8, 4) is 0 Å². The topological polar surface area (TPSA) is 257 Å². The van der Waals surface area contributed by atoms with Crippen LogP contribution < -0.4 is 18.9 Å². The van der Waals surface area contributed by atoms with Crippen molar-refractivity contribution in [1.82, 2.24) is 0 Å². The van der Waals surface area contributed by atoms with Crippen molar-refractivity contribution in [1.29, 1.82) is 0 Å². The maximum Gasteiger partial charge on any atom is 1.00 e. The van der Waals surface area contributed by atoms with Gasteiger partial charge in [-0.2, -0.15) is 17.6 Å². The normalized spacial score (nSPS) is 24.3. The average Bonchev–Trinajstić information content (AvgIpc) is 3.79. The molecule has 2 saturated carbocycles. The van der Waals surface area contributed by atoms with Crippen molar-refractivity contribution in [2.24, 2.45) is 23.7 Å². The Balaban J connectivity index is -0.00000124. The average molecular weight is 1220 g/mol. The molecule has 0 aromatic carbocycles. The van der Waals surface area contributed by atoms with Crippen LogP contribution in [0.2, 0.25) is 0 Å². The van der Waals surface area contributed by atoms with E-state index >= 15 is 0 Å². The summed E-state index contributed by atoms with van der Waals surface area (Å²) in [5.74, 6) is -11.2. The van der Waals surface area contributed by atoms with Gasteiger partial charge in [0.05, 0.1) is 32.6 Å². The third-order valence-corrected chi connectivity index (χ3v) is 15.5. The molecule has 4 fully saturated rings. The summed E-state index contributed by atoms with van der Waals surface area (Å²) in [6.07, 6.45) is 20.9. The summed E-state index contributed by atoms with van der Waals surface area (Å²) in [6.45, 7) is 9.27. The quantitative estimate of drug-likeness (QED) is 0.00762. The summed E-state index contributed by atoms with van der Waals surface area (Å²) >= 11 is 0. The van der Waals surface area contributed by atoms with E-state index in [1.807, 2.05) is 31.2 Å². The van der Waals surface area contributed by atoms with E-state index in [1.54, 1.807) is 13.6 Å². The molecule has 0 aromatic rings. The summed E-state index contributed by atoms with van der Waals surface area (Å²) in [5, 5.41) is 7.00. The Hall–Kier alpha value is -3.78. The number of halogens is 4. The maximum absolute atomic E-state index is 14.3. The molecular weight excluding hydrogens is 1130 g/mol. The van der Waals surface area contributed by atoms with Gasteiger partial charge in [-0.15, -0.1) is 0 Å². The van der Waals surface area contributed by atoms with Crippen molar-refractivity contribution in [3.05, 3.63) is 46.4 Å². The number of ketones is 2. The number of aliphatic hydroxyl groups is 1. The van der Waals surface area contributed by atoms with E-state index in [9.17, 15) is 51.1 Å². The van der Waals surface area contributed by atoms with Gasteiger partial charge in [-0.05, 0) is 103 Å². The Labute approximate surface area is 509 Å². The molecule has 0 bridgehead atoms. The predicted octanol–water partition coefficient (Wildman–Crippen LogP) is 8.51. The minimum Gasteiger partial charge on any atom is -1.00 e. The molecule has 2 aliphatic heterocycles. The summed E-state index contributed by atoms with van der Waals surface area (Å²) in [5.41, 5.74) is 0. The Morgan fingerprint density at radius 3 is 1.45 bits per heavy atom. The first-order chi connectivity index (χ1) is 39.7. The van der Waals surface area contributed by atoms with Crippen LogP contribution in [0.4, 0.5) is 17.6 Å². The zero-order valence-corrected chi connectivity index (χ0v) is 52.1. The van der Waals surface area contributed by atoms with Crippen LogP contribution in [0.5, 0.6) is 0 Å². The van der Waals surface area contributed by atoms with Crippen molar-refractivity contribution in [2.75, 3.05) is 54.5 Å². The van der Waals surface area contributed by atoms with E-state index in [1.165, 1.54) is 41.3 Å². The number of ether oxygens (including phenoxy) is 8. The fourth-order valence-corrected chi connectivity index (χ4v) is 10.5. The van der Waals surface area contributed by atoms with Crippen molar-refractivity contribution < 1.29 is 119 Å². The van der Waals surface area contributed by atoms with Crippen LogP contribution in [0.25, 0.3) is 0 Å². The Morgan fingerprint density at radius 2 is 1.07 bits per heavy atom. The molecule has 4 aliphatic rings. The van der Waals surface area contributed by atoms with E-state index in [0.717, 1.165) is 64.4 Å². The third kappa shape index (κ3) is 33.9. The predicted molar refractivity (Wildman–Crippen MR) is 305 cm³/mol.